The minimum absolute atomic E-state index is 0.00103. The van der Waals surface area contributed by atoms with Crippen LogP contribution >= 0.6 is 11.8 Å². The maximum atomic E-state index is 13.4. The maximum Gasteiger partial charge on any atom is 0.242 e. The summed E-state index contributed by atoms with van der Waals surface area (Å²) in [4.78, 5) is 109. The summed E-state index contributed by atoms with van der Waals surface area (Å²) >= 11 is 1.21. The quantitative estimate of drug-likeness (QED) is 0.0393. The number of rotatable bonds is 28. The normalized spacial score (nSPS) is 16.1. The molecule has 1 aromatic heterocycles. The number of imide groups is 1. The summed E-state index contributed by atoms with van der Waals surface area (Å²) in [5.74, 6) is -5.21. The van der Waals surface area contributed by atoms with Crippen LogP contribution in [0.1, 0.15) is 77.8 Å². The molecule has 302 valence electrons. The van der Waals surface area contributed by atoms with E-state index in [9.17, 15) is 43.5 Å². The predicted octanol–water partition coefficient (Wildman–Crippen LogP) is -1.12. The molecule has 1 aliphatic heterocycles. The topological polar surface area (TPSA) is 286 Å². The SMILES string of the molecule is CCOCCNC(=O)CCN1C(=O)CC(SCCC(=O)NCCCC[C@H](CC(=O)C(C)(C)NC(=O)[C@@H](N)Cc2cnc[nH]2)C(=O)C[C@@H](CO)C(N)=O)C1=O. The molecule has 0 spiro atoms. The second-order valence-corrected chi connectivity index (χ2v) is 14.9. The van der Waals surface area contributed by atoms with Gasteiger partial charge in [-0.05, 0) is 33.6 Å². The zero-order valence-electron chi connectivity index (χ0n) is 31.4. The van der Waals surface area contributed by atoms with Crippen molar-refractivity contribution in [1.82, 2.24) is 30.8 Å². The molecule has 1 fully saturated rings. The number of nitrogens with two attached hydrogens (primary N) is 2. The highest BCUT2D eigenvalue weighted by molar-refractivity contribution is 8.00. The lowest BCUT2D eigenvalue weighted by atomic mass is 9.83. The Labute approximate surface area is 319 Å². The van der Waals surface area contributed by atoms with Gasteiger partial charge in [-0.1, -0.05) is 6.42 Å². The van der Waals surface area contributed by atoms with Gasteiger partial charge in [0.1, 0.15) is 5.78 Å². The first-order valence-electron chi connectivity index (χ1n) is 18.2. The number of aliphatic hydroxyl groups is 1. The molecule has 18 nitrogen and oxygen atoms in total. The van der Waals surface area contributed by atoms with Crippen molar-refractivity contribution >= 4 is 58.8 Å². The number of thioether (sulfide) groups is 1. The Hall–Kier alpha value is -4.20. The fourth-order valence-corrected chi connectivity index (χ4v) is 6.69. The van der Waals surface area contributed by atoms with Crippen LogP contribution in [0.5, 0.6) is 0 Å². The minimum atomic E-state index is -1.37. The number of imidazole rings is 1. The molecule has 0 bridgehead atoms. The van der Waals surface area contributed by atoms with E-state index >= 15 is 0 Å². The number of carbonyl (C=O) groups excluding carboxylic acids is 8. The number of hydrogen-bond donors (Lipinski definition) is 7. The van der Waals surface area contributed by atoms with Crippen LogP contribution in [0.2, 0.25) is 0 Å². The van der Waals surface area contributed by atoms with E-state index in [1.807, 2.05) is 6.92 Å². The molecule has 0 saturated carbocycles. The number of primary amides is 1. The highest BCUT2D eigenvalue weighted by Gasteiger charge is 2.39. The summed E-state index contributed by atoms with van der Waals surface area (Å²) < 4.78 is 5.16. The predicted molar refractivity (Wildman–Crippen MR) is 198 cm³/mol. The molecule has 2 heterocycles. The highest BCUT2D eigenvalue weighted by atomic mass is 32.2. The molecule has 0 aromatic carbocycles. The van der Waals surface area contributed by atoms with Gasteiger partial charge in [0.15, 0.2) is 5.78 Å². The van der Waals surface area contributed by atoms with E-state index in [4.69, 9.17) is 16.2 Å². The number of ether oxygens (including phenoxy) is 1. The van der Waals surface area contributed by atoms with Gasteiger partial charge >= 0.3 is 0 Å². The van der Waals surface area contributed by atoms with Gasteiger partial charge in [-0.25, -0.2) is 4.98 Å². The Morgan fingerprint density at radius 2 is 1.78 bits per heavy atom. The molecule has 1 saturated heterocycles. The van der Waals surface area contributed by atoms with Crippen LogP contribution in [0.15, 0.2) is 12.5 Å². The Balaban J connectivity index is 1.81. The molecular weight excluding hydrogens is 724 g/mol. The Bertz CT molecular complexity index is 1440. The molecule has 4 atom stereocenters. The van der Waals surface area contributed by atoms with Crippen molar-refractivity contribution in [2.45, 2.75) is 95.4 Å². The van der Waals surface area contributed by atoms with Crippen molar-refractivity contribution in [1.29, 1.82) is 0 Å². The summed E-state index contributed by atoms with van der Waals surface area (Å²) in [6.45, 7) is 5.75. The lowest BCUT2D eigenvalue weighted by Crippen LogP contribution is -2.55. The third-order valence-corrected chi connectivity index (χ3v) is 10.1. The number of aromatic nitrogens is 2. The number of unbranched alkanes of at least 4 members (excludes halogenated alkanes) is 1. The average Bonchev–Trinajstić information content (AvgIpc) is 3.73. The molecule has 6 amide bonds. The second kappa shape index (κ2) is 23.6. The first kappa shape index (κ1) is 46.0. The molecule has 1 aliphatic rings. The number of Topliss-reactive ketones (excluding diaryl/α,β-unsaturated/α-hetero) is 2. The fraction of sp³-hybridized carbons (Fsp3) is 0.686. The van der Waals surface area contributed by atoms with Crippen molar-refractivity contribution in [3.05, 3.63) is 18.2 Å². The van der Waals surface area contributed by atoms with Crippen molar-refractivity contribution in [3.8, 4) is 0 Å². The number of likely N-dealkylation sites (tertiary alicyclic amines) is 1. The third-order valence-electron chi connectivity index (χ3n) is 8.91. The van der Waals surface area contributed by atoms with Crippen LogP contribution in [0.4, 0.5) is 0 Å². The van der Waals surface area contributed by atoms with Crippen LogP contribution < -0.4 is 27.4 Å². The van der Waals surface area contributed by atoms with E-state index in [-0.39, 0.29) is 81.7 Å². The van der Waals surface area contributed by atoms with Gasteiger partial charge in [-0.3, -0.25) is 43.3 Å². The smallest absolute Gasteiger partial charge is 0.242 e. The summed E-state index contributed by atoms with van der Waals surface area (Å²) in [5.41, 5.74) is 10.6. The molecular formula is C35H56N8O10S. The molecule has 2 rings (SSSR count). The molecule has 0 aliphatic carbocycles. The van der Waals surface area contributed by atoms with Gasteiger partial charge in [-0.2, -0.15) is 0 Å². The molecule has 1 aromatic rings. The summed E-state index contributed by atoms with van der Waals surface area (Å²) in [6.07, 6.45) is 3.78. The Morgan fingerprint density at radius 1 is 1.07 bits per heavy atom. The van der Waals surface area contributed by atoms with Gasteiger partial charge in [-0.15, -0.1) is 11.8 Å². The first-order valence-corrected chi connectivity index (χ1v) is 19.2. The van der Waals surface area contributed by atoms with Crippen molar-refractivity contribution < 1.29 is 48.2 Å². The van der Waals surface area contributed by atoms with Gasteiger partial charge in [0.2, 0.25) is 35.4 Å². The molecule has 0 radical (unpaired) electrons. The number of nitrogens with zero attached hydrogens (tertiary/aromatic N) is 2. The van der Waals surface area contributed by atoms with Crippen LogP contribution in [-0.4, -0.2) is 129 Å². The molecule has 54 heavy (non-hydrogen) atoms. The number of carbonyl (C=O) groups is 8. The molecule has 1 unspecified atom stereocenters. The average molecular weight is 781 g/mol. The molecule has 19 heteroatoms. The Kier molecular flexibility index (Phi) is 20.0. The van der Waals surface area contributed by atoms with E-state index in [1.54, 1.807) is 0 Å². The number of aromatic amines is 1. The second-order valence-electron chi connectivity index (χ2n) is 13.6. The van der Waals surface area contributed by atoms with Crippen molar-refractivity contribution in [3.63, 3.8) is 0 Å². The number of amides is 6. The fourth-order valence-electron chi connectivity index (χ4n) is 5.57. The van der Waals surface area contributed by atoms with E-state index < -0.39 is 58.7 Å². The zero-order valence-corrected chi connectivity index (χ0v) is 32.2. The Morgan fingerprint density at radius 3 is 2.43 bits per heavy atom. The lowest BCUT2D eigenvalue weighted by Gasteiger charge is -2.28. The summed E-state index contributed by atoms with van der Waals surface area (Å²) in [6, 6.07) is -0.961. The van der Waals surface area contributed by atoms with Gasteiger partial charge in [0, 0.05) is 88.3 Å². The maximum absolute atomic E-state index is 13.4. The number of ketones is 2. The number of hydrogen-bond acceptors (Lipinski definition) is 13. The van der Waals surface area contributed by atoms with Crippen LogP contribution in [-0.2, 0) is 49.5 Å². The monoisotopic (exact) mass is 780 g/mol. The van der Waals surface area contributed by atoms with Gasteiger partial charge in [0.25, 0.3) is 0 Å². The number of H-pyrrole nitrogens is 1. The first-order chi connectivity index (χ1) is 25.6. The van der Waals surface area contributed by atoms with Crippen LogP contribution in [0.3, 0.4) is 0 Å². The highest BCUT2D eigenvalue weighted by Crippen LogP contribution is 2.26. The van der Waals surface area contributed by atoms with E-state index in [0.29, 0.717) is 44.0 Å². The lowest BCUT2D eigenvalue weighted by molar-refractivity contribution is -0.138. The van der Waals surface area contributed by atoms with Gasteiger partial charge in [0.05, 0.1) is 42.3 Å². The largest absolute Gasteiger partial charge is 0.396 e. The van der Waals surface area contributed by atoms with Crippen LogP contribution in [0.25, 0.3) is 0 Å². The third kappa shape index (κ3) is 16.0. The van der Waals surface area contributed by atoms with E-state index in [2.05, 4.69) is 25.9 Å². The number of aliphatic hydroxyl groups excluding tert-OH is 1. The van der Waals surface area contributed by atoms with Crippen LogP contribution in [0, 0.1) is 11.8 Å². The minimum Gasteiger partial charge on any atom is -0.396 e. The van der Waals surface area contributed by atoms with Crippen molar-refractivity contribution in [2.24, 2.45) is 23.3 Å². The summed E-state index contributed by atoms with van der Waals surface area (Å²) in [5, 5.41) is 17.0. The molecule has 9 N–H and O–H groups in total. The standard InChI is InChI=1S/C35H56N8O10S/c1-4-53-13-11-40-29(47)8-12-43-31(49)18-27(34(43)52)54-14-9-30(48)39-10-6-5-7-22(26(45)15-23(20-44)32(37)50)16-28(46)35(2,3)42-33(51)25(36)17-24-19-38-21-41-24/h19,21-23,25,27,44H,4-18,20,36H2,1-3H3,(H2,37,50)(H,38,41)(H,39,48)(H,40,47)(H,42,51)/t22-,23+,25+,27?/m1/s1. The zero-order chi connectivity index (χ0) is 40.3. The van der Waals surface area contributed by atoms with E-state index in [1.165, 1.54) is 38.1 Å². The van der Waals surface area contributed by atoms with E-state index in [0.717, 1.165) is 4.90 Å². The summed E-state index contributed by atoms with van der Waals surface area (Å²) in [7, 11) is 0. The van der Waals surface area contributed by atoms with Gasteiger partial charge < -0.3 is 42.2 Å². The number of nitrogens with one attached hydrogen (secondary N) is 4. The van der Waals surface area contributed by atoms with Crippen molar-refractivity contribution in [2.75, 3.05) is 45.2 Å².